The van der Waals surface area contributed by atoms with Crippen LogP contribution >= 0.6 is 27.7 Å². The molecule has 0 aliphatic carbocycles. The molecule has 0 saturated carbocycles. The third-order valence-corrected chi connectivity index (χ3v) is 3.52. The topological polar surface area (TPSA) is 25.8 Å². The van der Waals surface area contributed by atoms with Gasteiger partial charge in [0.05, 0.1) is 0 Å². The molecule has 0 fully saturated rings. The highest BCUT2D eigenvalue weighted by Gasteiger charge is 2.08. The van der Waals surface area contributed by atoms with Crippen LogP contribution in [0.15, 0.2) is 38.8 Å². The van der Waals surface area contributed by atoms with E-state index in [1.54, 1.807) is 6.07 Å². The van der Waals surface area contributed by atoms with E-state index in [0.29, 0.717) is 26.8 Å². The lowest BCUT2D eigenvalue weighted by molar-refractivity contribution is 0.565. The molecule has 0 amide bonds. The Morgan fingerprint density at radius 3 is 2.67 bits per heavy atom. The first kappa shape index (κ1) is 13.4. The lowest BCUT2D eigenvalue weighted by Crippen LogP contribution is -1.95. The average Bonchev–Trinajstić information content (AvgIpc) is 2.32. The van der Waals surface area contributed by atoms with E-state index in [-0.39, 0.29) is 0 Å². The second kappa shape index (κ2) is 5.75. The minimum absolute atomic E-state index is 0.337. The molecule has 2 rings (SSSR count). The predicted octanol–water partition coefficient (Wildman–Crippen LogP) is 4.23. The summed E-state index contributed by atoms with van der Waals surface area (Å²) in [6, 6.07) is 5.19. The third-order valence-electron chi connectivity index (χ3n) is 2.14. The second-order valence-electron chi connectivity index (χ2n) is 3.48. The molecule has 0 aliphatic heterocycles. The van der Waals surface area contributed by atoms with E-state index in [2.05, 4.69) is 25.9 Å². The molecular weight excluding hydrogens is 322 g/mol. The summed E-state index contributed by atoms with van der Waals surface area (Å²) in [4.78, 5) is 8.78. The van der Waals surface area contributed by atoms with E-state index >= 15 is 0 Å². The Morgan fingerprint density at radius 1 is 1.22 bits per heavy atom. The number of aromatic nitrogens is 2. The van der Waals surface area contributed by atoms with E-state index in [1.807, 2.05) is 6.92 Å². The van der Waals surface area contributed by atoms with Crippen LogP contribution in [0.25, 0.3) is 0 Å². The highest BCUT2D eigenvalue weighted by atomic mass is 79.9. The zero-order chi connectivity index (χ0) is 13.1. The fourth-order valence-electron chi connectivity index (χ4n) is 1.32. The number of halogens is 3. The maximum Gasteiger partial charge on any atom is 0.140 e. The summed E-state index contributed by atoms with van der Waals surface area (Å²) in [7, 11) is 0. The van der Waals surface area contributed by atoms with Crippen molar-refractivity contribution in [1.29, 1.82) is 0 Å². The van der Waals surface area contributed by atoms with E-state index in [0.717, 1.165) is 17.8 Å². The zero-order valence-corrected chi connectivity index (χ0v) is 11.9. The van der Waals surface area contributed by atoms with Gasteiger partial charge < -0.3 is 0 Å². The van der Waals surface area contributed by atoms with Gasteiger partial charge >= 0.3 is 0 Å². The molecule has 0 bridgehead atoms. The van der Waals surface area contributed by atoms with Gasteiger partial charge in [0.15, 0.2) is 0 Å². The van der Waals surface area contributed by atoms with Crippen molar-refractivity contribution in [2.75, 3.05) is 0 Å². The molecule has 0 unspecified atom stereocenters. The summed E-state index contributed by atoms with van der Waals surface area (Å²) < 4.78 is 26.9. The van der Waals surface area contributed by atoms with Crippen LogP contribution in [-0.4, -0.2) is 9.97 Å². The molecule has 1 aromatic heterocycles. The Labute approximate surface area is 116 Å². The molecule has 0 aliphatic rings. The van der Waals surface area contributed by atoms with Gasteiger partial charge in [-0.2, -0.15) is 0 Å². The van der Waals surface area contributed by atoms with Crippen LogP contribution in [0.2, 0.25) is 0 Å². The molecule has 6 heteroatoms. The van der Waals surface area contributed by atoms with Crippen LogP contribution in [-0.2, 0) is 6.42 Å². The van der Waals surface area contributed by atoms with Crippen molar-refractivity contribution in [2.45, 2.75) is 23.3 Å². The molecule has 2 nitrogen and oxygen atoms in total. The van der Waals surface area contributed by atoms with Crippen molar-refractivity contribution < 1.29 is 8.78 Å². The van der Waals surface area contributed by atoms with E-state index in [4.69, 9.17) is 0 Å². The summed E-state index contributed by atoms with van der Waals surface area (Å²) in [6.07, 6.45) is 0.693. The fraction of sp³-hybridized carbons (Fsp3) is 0.167. The SMILES string of the molecule is CCc1nc(Br)cc(Sc2ccc(F)cc2F)n1. The van der Waals surface area contributed by atoms with Gasteiger partial charge in [-0.1, -0.05) is 18.7 Å². The highest BCUT2D eigenvalue weighted by Crippen LogP contribution is 2.30. The Morgan fingerprint density at radius 2 is 2.00 bits per heavy atom. The van der Waals surface area contributed by atoms with Crippen LogP contribution < -0.4 is 0 Å². The van der Waals surface area contributed by atoms with E-state index in [9.17, 15) is 8.78 Å². The monoisotopic (exact) mass is 330 g/mol. The van der Waals surface area contributed by atoms with Gasteiger partial charge in [-0.15, -0.1) is 0 Å². The Balaban J connectivity index is 2.30. The summed E-state index contributed by atoms with van der Waals surface area (Å²) in [6.45, 7) is 1.94. The largest absolute Gasteiger partial charge is 0.226 e. The van der Waals surface area contributed by atoms with Crippen molar-refractivity contribution in [2.24, 2.45) is 0 Å². The highest BCUT2D eigenvalue weighted by molar-refractivity contribution is 9.10. The van der Waals surface area contributed by atoms with Crippen LogP contribution in [0.5, 0.6) is 0 Å². The van der Waals surface area contributed by atoms with Gasteiger partial charge in [0.25, 0.3) is 0 Å². The zero-order valence-electron chi connectivity index (χ0n) is 9.45. The minimum atomic E-state index is -0.590. The maximum atomic E-state index is 13.5. The van der Waals surface area contributed by atoms with Gasteiger partial charge in [-0.3, -0.25) is 0 Å². The molecule has 0 radical (unpaired) electrons. The Kier molecular flexibility index (Phi) is 4.29. The number of benzene rings is 1. The summed E-state index contributed by atoms with van der Waals surface area (Å²) in [5, 5.41) is 0.624. The van der Waals surface area contributed by atoms with Gasteiger partial charge in [0.1, 0.15) is 27.1 Å². The molecule has 0 N–H and O–H groups in total. The number of hydrogen-bond acceptors (Lipinski definition) is 3. The molecular formula is C12H9BrF2N2S. The molecule has 0 spiro atoms. The number of hydrogen-bond donors (Lipinski definition) is 0. The van der Waals surface area contributed by atoms with Crippen LogP contribution in [0.4, 0.5) is 8.78 Å². The van der Waals surface area contributed by atoms with Gasteiger partial charge in [-0.25, -0.2) is 18.7 Å². The summed E-state index contributed by atoms with van der Waals surface area (Å²) in [5.74, 6) is -0.503. The standard InChI is InChI=1S/C12H9BrF2N2S/c1-2-11-16-10(13)6-12(17-11)18-9-4-3-7(14)5-8(9)15/h3-6H,2H2,1H3. The van der Waals surface area contributed by atoms with Crippen molar-refractivity contribution >= 4 is 27.7 Å². The normalized spacial score (nSPS) is 10.7. The van der Waals surface area contributed by atoms with Crippen LogP contribution in [0.1, 0.15) is 12.7 Å². The number of rotatable bonds is 3. The number of aryl methyl sites for hydroxylation is 1. The van der Waals surface area contributed by atoms with Gasteiger partial charge in [0, 0.05) is 23.4 Å². The average molecular weight is 331 g/mol. The van der Waals surface area contributed by atoms with Gasteiger partial charge in [0.2, 0.25) is 0 Å². The first-order valence-corrected chi connectivity index (χ1v) is 6.86. The lowest BCUT2D eigenvalue weighted by atomic mass is 10.3. The quantitative estimate of drug-likeness (QED) is 0.787. The first-order valence-electron chi connectivity index (χ1n) is 5.25. The van der Waals surface area contributed by atoms with Crippen molar-refractivity contribution in [1.82, 2.24) is 9.97 Å². The molecule has 94 valence electrons. The fourth-order valence-corrected chi connectivity index (χ4v) is 2.74. The lowest BCUT2D eigenvalue weighted by Gasteiger charge is -2.04. The summed E-state index contributed by atoms with van der Waals surface area (Å²) in [5.41, 5.74) is 0. The van der Waals surface area contributed by atoms with Crippen molar-refractivity contribution in [3.63, 3.8) is 0 Å². The molecule has 1 heterocycles. The van der Waals surface area contributed by atoms with Crippen molar-refractivity contribution in [3.8, 4) is 0 Å². The van der Waals surface area contributed by atoms with Crippen molar-refractivity contribution in [3.05, 3.63) is 46.3 Å². The van der Waals surface area contributed by atoms with E-state index < -0.39 is 11.6 Å². The Bertz CT molecular complexity index is 578. The van der Waals surface area contributed by atoms with E-state index in [1.165, 1.54) is 12.1 Å². The molecule has 18 heavy (non-hydrogen) atoms. The summed E-state index contributed by atoms with van der Waals surface area (Å²) >= 11 is 4.42. The smallest absolute Gasteiger partial charge is 0.140 e. The molecule has 0 atom stereocenters. The molecule has 1 aromatic carbocycles. The van der Waals surface area contributed by atoms with Gasteiger partial charge in [-0.05, 0) is 28.1 Å². The minimum Gasteiger partial charge on any atom is -0.226 e. The second-order valence-corrected chi connectivity index (χ2v) is 5.35. The first-order chi connectivity index (χ1) is 8.58. The van der Waals surface area contributed by atoms with Crippen LogP contribution in [0.3, 0.4) is 0 Å². The van der Waals surface area contributed by atoms with Crippen LogP contribution in [0, 0.1) is 11.6 Å². The maximum absolute atomic E-state index is 13.5. The number of nitrogens with zero attached hydrogens (tertiary/aromatic N) is 2. The Hall–Kier alpha value is -1.01. The molecule has 0 saturated heterocycles. The predicted molar refractivity (Wildman–Crippen MR) is 69.6 cm³/mol. The molecule has 2 aromatic rings. The third kappa shape index (κ3) is 3.26.